The van der Waals surface area contributed by atoms with Crippen LogP contribution in [-0.2, 0) is 14.3 Å². The number of ether oxygens (including phenoxy) is 1. The van der Waals surface area contributed by atoms with Crippen molar-refractivity contribution in [1.29, 1.82) is 0 Å². The van der Waals surface area contributed by atoms with E-state index in [4.69, 9.17) is 4.74 Å². The van der Waals surface area contributed by atoms with Crippen LogP contribution in [0.15, 0.2) is 0 Å². The number of rotatable bonds is 1. The summed E-state index contributed by atoms with van der Waals surface area (Å²) < 4.78 is 18.4. The second-order valence-electron chi connectivity index (χ2n) is 6.54. The molecule has 7 heteroatoms. The molecule has 0 spiro atoms. The van der Waals surface area contributed by atoms with E-state index >= 15 is 0 Å². The number of carbonyl (C=O) groups excluding carboxylic acids is 3. The van der Waals surface area contributed by atoms with E-state index in [9.17, 15) is 18.8 Å². The Labute approximate surface area is 123 Å². The first-order valence-electron chi connectivity index (χ1n) is 7.11. The molecule has 2 heterocycles. The van der Waals surface area contributed by atoms with Crippen molar-refractivity contribution in [3.63, 3.8) is 0 Å². The van der Waals surface area contributed by atoms with Gasteiger partial charge in [0.15, 0.2) is 5.78 Å². The van der Waals surface area contributed by atoms with Crippen molar-refractivity contribution >= 4 is 17.8 Å². The smallest absolute Gasteiger partial charge is 0.411 e. The van der Waals surface area contributed by atoms with Crippen LogP contribution in [0.1, 0.15) is 33.6 Å². The number of amides is 2. The Kier molecular flexibility index (Phi) is 4.20. The number of nitrogens with zero attached hydrogens (tertiary/aromatic N) is 2. The van der Waals surface area contributed by atoms with Crippen LogP contribution in [0.5, 0.6) is 0 Å². The van der Waals surface area contributed by atoms with Gasteiger partial charge in [0.1, 0.15) is 17.8 Å². The summed E-state index contributed by atoms with van der Waals surface area (Å²) in [4.78, 5) is 38.6. The molecule has 2 rings (SSSR count). The van der Waals surface area contributed by atoms with Crippen LogP contribution in [0, 0.1) is 0 Å². The van der Waals surface area contributed by atoms with Gasteiger partial charge in [0.05, 0.1) is 13.1 Å². The normalized spacial score (nSPS) is 26.4. The standard InChI is InChI=1S/C14H21FN2O4/c1-14(2,3)21-13(20)17-8-10(18)6-11(17)12(19)16-5-4-9(15)7-16/h9,11H,4-8H2,1-3H3/t9-,11+/m1/s1. The molecule has 2 saturated heterocycles. The highest BCUT2D eigenvalue weighted by molar-refractivity contribution is 5.97. The number of likely N-dealkylation sites (tertiary alicyclic amines) is 2. The SMILES string of the molecule is CC(C)(C)OC(=O)N1CC(=O)C[C@H]1C(=O)N1CC[C@@H](F)C1. The Bertz CT molecular complexity index is 460. The molecule has 0 aromatic rings. The van der Waals surface area contributed by atoms with Gasteiger partial charge in [-0.3, -0.25) is 14.5 Å². The Morgan fingerprint density at radius 1 is 1.33 bits per heavy atom. The van der Waals surface area contributed by atoms with Crippen LogP contribution >= 0.6 is 0 Å². The molecule has 0 aromatic heterocycles. The summed E-state index contributed by atoms with van der Waals surface area (Å²) in [5.41, 5.74) is -0.700. The molecule has 6 nitrogen and oxygen atoms in total. The lowest BCUT2D eigenvalue weighted by molar-refractivity contribution is -0.135. The zero-order valence-corrected chi connectivity index (χ0v) is 12.6. The first kappa shape index (κ1) is 15.7. The fourth-order valence-electron chi connectivity index (χ4n) is 2.55. The number of hydrogen-bond acceptors (Lipinski definition) is 4. The molecule has 118 valence electrons. The minimum Gasteiger partial charge on any atom is -0.444 e. The first-order valence-corrected chi connectivity index (χ1v) is 7.11. The molecule has 2 amide bonds. The van der Waals surface area contributed by atoms with E-state index in [0.29, 0.717) is 13.0 Å². The lowest BCUT2D eigenvalue weighted by Gasteiger charge is -2.29. The predicted molar refractivity (Wildman–Crippen MR) is 72.4 cm³/mol. The molecule has 0 unspecified atom stereocenters. The van der Waals surface area contributed by atoms with Crippen molar-refractivity contribution < 1.29 is 23.5 Å². The lowest BCUT2D eigenvalue weighted by atomic mass is 10.2. The molecule has 0 aliphatic carbocycles. The highest BCUT2D eigenvalue weighted by atomic mass is 19.1. The molecular weight excluding hydrogens is 279 g/mol. The summed E-state index contributed by atoms with van der Waals surface area (Å²) in [6, 6.07) is -0.863. The zero-order valence-electron chi connectivity index (χ0n) is 12.6. The minimum absolute atomic E-state index is 0.0223. The number of Topliss-reactive ketones (excluding diaryl/α,β-unsaturated/α-hetero) is 1. The molecule has 0 radical (unpaired) electrons. The zero-order chi connectivity index (χ0) is 15.8. The van der Waals surface area contributed by atoms with Crippen molar-refractivity contribution in [3.8, 4) is 0 Å². The van der Waals surface area contributed by atoms with Crippen molar-refractivity contribution in [2.45, 2.75) is 51.4 Å². The van der Waals surface area contributed by atoms with Gasteiger partial charge in [-0.25, -0.2) is 9.18 Å². The molecule has 2 aliphatic heterocycles. The number of alkyl halides is 1. The van der Waals surface area contributed by atoms with E-state index < -0.39 is 23.9 Å². The Hall–Kier alpha value is -1.66. The summed E-state index contributed by atoms with van der Waals surface area (Å²) in [6.45, 7) is 5.38. The Morgan fingerprint density at radius 3 is 2.52 bits per heavy atom. The molecule has 0 N–H and O–H groups in total. The molecular formula is C14H21FN2O4. The van der Waals surface area contributed by atoms with Crippen molar-refractivity contribution in [3.05, 3.63) is 0 Å². The van der Waals surface area contributed by atoms with Gasteiger partial charge in [0.25, 0.3) is 0 Å². The van der Waals surface area contributed by atoms with Gasteiger partial charge in [-0.2, -0.15) is 0 Å². The van der Waals surface area contributed by atoms with E-state index in [0.717, 1.165) is 4.90 Å². The molecule has 2 aliphatic rings. The minimum atomic E-state index is -1.03. The van der Waals surface area contributed by atoms with E-state index in [2.05, 4.69) is 0 Å². The van der Waals surface area contributed by atoms with Gasteiger partial charge in [-0.1, -0.05) is 0 Å². The Morgan fingerprint density at radius 2 is 2.00 bits per heavy atom. The van der Waals surface area contributed by atoms with Crippen molar-refractivity contribution in [2.75, 3.05) is 19.6 Å². The number of ketones is 1. The van der Waals surface area contributed by atoms with Crippen LogP contribution in [0.3, 0.4) is 0 Å². The van der Waals surface area contributed by atoms with E-state index in [-0.39, 0.29) is 31.2 Å². The van der Waals surface area contributed by atoms with Crippen LogP contribution in [0.2, 0.25) is 0 Å². The summed E-state index contributed by atoms with van der Waals surface area (Å²) >= 11 is 0. The van der Waals surface area contributed by atoms with E-state index in [1.165, 1.54) is 4.90 Å². The van der Waals surface area contributed by atoms with Gasteiger partial charge >= 0.3 is 6.09 Å². The maximum absolute atomic E-state index is 13.2. The molecule has 2 atom stereocenters. The summed E-state index contributed by atoms with van der Waals surface area (Å²) in [7, 11) is 0. The third-order valence-electron chi connectivity index (χ3n) is 3.50. The Balaban J connectivity index is 2.07. The van der Waals surface area contributed by atoms with Crippen LogP contribution in [-0.4, -0.2) is 65.0 Å². The average Bonchev–Trinajstić information content (AvgIpc) is 2.92. The van der Waals surface area contributed by atoms with Crippen LogP contribution in [0.25, 0.3) is 0 Å². The fraction of sp³-hybridized carbons (Fsp3) is 0.786. The molecule has 0 aromatic carbocycles. The highest BCUT2D eigenvalue weighted by Gasteiger charge is 2.43. The van der Waals surface area contributed by atoms with Gasteiger partial charge in [0, 0.05) is 13.0 Å². The summed E-state index contributed by atoms with van der Waals surface area (Å²) in [5.74, 6) is -0.554. The van der Waals surface area contributed by atoms with E-state index in [1.54, 1.807) is 20.8 Å². The van der Waals surface area contributed by atoms with Gasteiger partial charge in [-0.05, 0) is 27.2 Å². The highest BCUT2D eigenvalue weighted by Crippen LogP contribution is 2.23. The maximum Gasteiger partial charge on any atom is 0.411 e. The lowest BCUT2D eigenvalue weighted by Crippen LogP contribution is -2.48. The second kappa shape index (κ2) is 5.61. The maximum atomic E-state index is 13.2. The summed E-state index contributed by atoms with van der Waals surface area (Å²) in [6.07, 6.45) is -1.42. The number of halogens is 1. The van der Waals surface area contributed by atoms with Gasteiger partial charge < -0.3 is 9.64 Å². The topological polar surface area (TPSA) is 66.9 Å². The van der Waals surface area contributed by atoms with Crippen molar-refractivity contribution in [2.24, 2.45) is 0 Å². The fourth-order valence-corrected chi connectivity index (χ4v) is 2.55. The molecule has 21 heavy (non-hydrogen) atoms. The summed E-state index contributed by atoms with van der Waals surface area (Å²) in [5, 5.41) is 0. The van der Waals surface area contributed by atoms with Crippen LogP contribution in [0.4, 0.5) is 9.18 Å². The number of hydrogen-bond donors (Lipinski definition) is 0. The first-order chi connectivity index (χ1) is 9.67. The molecule has 0 bridgehead atoms. The molecule has 0 saturated carbocycles. The molecule has 2 fully saturated rings. The van der Waals surface area contributed by atoms with Crippen molar-refractivity contribution in [1.82, 2.24) is 9.80 Å². The van der Waals surface area contributed by atoms with Gasteiger partial charge in [-0.15, -0.1) is 0 Å². The quantitative estimate of drug-likeness (QED) is 0.728. The number of carbonyl (C=O) groups is 3. The third-order valence-corrected chi connectivity index (χ3v) is 3.50. The third kappa shape index (κ3) is 3.71. The second-order valence-corrected chi connectivity index (χ2v) is 6.54. The van der Waals surface area contributed by atoms with Crippen LogP contribution < -0.4 is 0 Å². The predicted octanol–water partition coefficient (Wildman–Crippen LogP) is 1.14. The van der Waals surface area contributed by atoms with Gasteiger partial charge in [0.2, 0.25) is 5.91 Å². The monoisotopic (exact) mass is 300 g/mol. The van der Waals surface area contributed by atoms with E-state index in [1.807, 2.05) is 0 Å². The largest absolute Gasteiger partial charge is 0.444 e. The average molecular weight is 300 g/mol.